The molecule has 2 rings (SSSR count). The van der Waals surface area contributed by atoms with E-state index in [1.54, 1.807) is 12.1 Å². The molecule has 1 aromatic heterocycles. The molecule has 1 heterocycles. The molecule has 0 N–H and O–H groups in total. The number of rotatable bonds is 2. The van der Waals surface area contributed by atoms with E-state index in [1.165, 1.54) is 11.9 Å². The first kappa shape index (κ1) is 9.93. The monoisotopic (exact) mass is 220 g/mol. The molecule has 0 aliphatic rings. The second-order valence-corrected chi connectivity index (χ2v) is 3.33. The molecule has 0 unspecified atom stereocenters. The molecule has 0 aliphatic carbocycles. The van der Waals surface area contributed by atoms with Crippen LogP contribution < -0.4 is 5.56 Å². The van der Waals surface area contributed by atoms with Crippen molar-refractivity contribution in [3.05, 3.63) is 52.6 Å². The minimum absolute atomic E-state index is 0.197. The molecule has 0 atom stereocenters. The van der Waals surface area contributed by atoms with Crippen molar-refractivity contribution in [2.45, 2.75) is 6.54 Å². The lowest BCUT2D eigenvalue weighted by atomic mass is 10.2. The van der Waals surface area contributed by atoms with Crippen LogP contribution >= 0.6 is 11.6 Å². The highest BCUT2D eigenvalue weighted by molar-refractivity contribution is 6.25. The Morgan fingerprint density at radius 1 is 1.40 bits per heavy atom. The third-order valence-electron chi connectivity index (χ3n) is 2.15. The minimum atomic E-state index is -0.197. The van der Waals surface area contributed by atoms with Crippen LogP contribution in [0.25, 0.3) is 10.9 Å². The van der Waals surface area contributed by atoms with Crippen molar-refractivity contribution in [1.29, 1.82) is 0 Å². The fraction of sp³-hybridized carbons (Fsp3) is 0.0909. The summed E-state index contributed by atoms with van der Waals surface area (Å²) in [5.74, 6) is 0. The maximum Gasteiger partial charge on any atom is 0.280 e. The van der Waals surface area contributed by atoms with Gasteiger partial charge in [0, 0.05) is 12.1 Å². The van der Waals surface area contributed by atoms with Gasteiger partial charge in [0.1, 0.15) is 0 Å². The van der Waals surface area contributed by atoms with Gasteiger partial charge in [-0.3, -0.25) is 4.79 Å². The number of aromatic nitrogens is 2. The predicted molar refractivity (Wildman–Crippen MR) is 61.0 cm³/mol. The third-order valence-corrected chi connectivity index (χ3v) is 2.33. The van der Waals surface area contributed by atoms with E-state index < -0.39 is 0 Å². The molecule has 0 saturated carbocycles. The lowest BCUT2D eigenvalue weighted by Crippen LogP contribution is -2.11. The molecule has 0 amide bonds. The zero-order valence-electron chi connectivity index (χ0n) is 7.93. The quantitative estimate of drug-likeness (QED) is 0.777. The number of hydrogen-bond donors (Lipinski definition) is 0. The summed E-state index contributed by atoms with van der Waals surface area (Å²) in [5.41, 5.74) is 2.12. The molecule has 0 spiro atoms. The fourth-order valence-corrected chi connectivity index (χ4v) is 1.54. The van der Waals surface area contributed by atoms with E-state index in [9.17, 15) is 4.79 Å². The summed E-state index contributed by atoms with van der Waals surface area (Å²) in [7, 11) is 0. The molecule has 76 valence electrons. The SMILES string of the molecule is O=c1ncn(CC=CCl)c2ccccc12. The van der Waals surface area contributed by atoms with E-state index in [0.29, 0.717) is 11.9 Å². The second kappa shape index (κ2) is 4.28. The summed E-state index contributed by atoms with van der Waals surface area (Å²) in [4.78, 5) is 15.2. The number of fused-ring (bicyclic) bond motifs is 1. The number of halogens is 1. The molecule has 3 nitrogen and oxygen atoms in total. The molecule has 0 fully saturated rings. The molecule has 4 heteroatoms. The lowest BCUT2D eigenvalue weighted by molar-refractivity contribution is 0.820. The highest BCUT2D eigenvalue weighted by atomic mass is 35.5. The molecular weight excluding hydrogens is 212 g/mol. The average Bonchev–Trinajstić information content (AvgIpc) is 2.29. The molecule has 0 saturated heterocycles. The van der Waals surface area contributed by atoms with Crippen molar-refractivity contribution < 1.29 is 0 Å². The van der Waals surface area contributed by atoms with Crippen molar-refractivity contribution in [2.24, 2.45) is 0 Å². The molecule has 0 aliphatic heterocycles. The highest BCUT2D eigenvalue weighted by Crippen LogP contribution is 2.08. The van der Waals surface area contributed by atoms with Crippen LogP contribution in [0.1, 0.15) is 0 Å². The lowest BCUT2D eigenvalue weighted by Gasteiger charge is -2.06. The van der Waals surface area contributed by atoms with Crippen LogP contribution in [0.4, 0.5) is 0 Å². The Balaban J connectivity index is 2.66. The molecule has 0 bridgehead atoms. The summed E-state index contributed by atoms with van der Waals surface area (Å²) < 4.78 is 1.87. The van der Waals surface area contributed by atoms with E-state index in [4.69, 9.17) is 11.6 Å². The van der Waals surface area contributed by atoms with E-state index in [0.717, 1.165) is 5.52 Å². The van der Waals surface area contributed by atoms with Gasteiger partial charge < -0.3 is 4.57 Å². The first-order valence-electron chi connectivity index (χ1n) is 4.52. The van der Waals surface area contributed by atoms with Crippen LogP contribution in [0, 0.1) is 0 Å². The zero-order chi connectivity index (χ0) is 10.7. The van der Waals surface area contributed by atoms with Gasteiger partial charge >= 0.3 is 0 Å². The van der Waals surface area contributed by atoms with Crippen molar-refractivity contribution in [3.8, 4) is 0 Å². The normalized spacial score (nSPS) is 11.3. The standard InChI is InChI=1S/C11H9ClN2O/c12-6-3-7-14-8-13-11(15)9-4-1-2-5-10(9)14/h1-6,8H,7H2. The van der Waals surface area contributed by atoms with Gasteiger partial charge in [0.05, 0.1) is 17.2 Å². The minimum Gasteiger partial charge on any atom is -0.328 e. The Morgan fingerprint density at radius 3 is 3.00 bits per heavy atom. The second-order valence-electron chi connectivity index (χ2n) is 3.08. The number of nitrogens with zero attached hydrogens (tertiary/aromatic N) is 2. The smallest absolute Gasteiger partial charge is 0.280 e. The van der Waals surface area contributed by atoms with E-state index in [-0.39, 0.29) is 5.56 Å². The van der Waals surface area contributed by atoms with E-state index >= 15 is 0 Å². The van der Waals surface area contributed by atoms with Gasteiger partial charge in [-0.05, 0) is 12.1 Å². The molecule has 1 aromatic carbocycles. The summed E-state index contributed by atoms with van der Waals surface area (Å²) in [6.07, 6.45) is 3.32. The molecule has 0 radical (unpaired) electrons. The molecule has 2 aromatic rings. The van der Waals surface area contributed by atoms with Crippen molar-refractivity contribution in [3.63, 3.8) is 0 Å². The Hall–Kier alpha value is -1.61. The van der Waals surface area contributed by atoms with Crippen molar-refractivity contribution >= 4 is 22.5 Å². The number of benzene rings is 1. The Morgan fingerprint density at radius 2 is 2.20 bits per heavy atom. The van der Waals surface area contributed by atoms with Gasteiger partial charge in [-0.25, -0.2) is 0 Å². The van der Waals surface area contributed by atoms with Gasteiger partial charge in [0.2, 0.25) is 0 Å². The maximum atomic E-state index is 11.4. The summed E-state index contributed by atoms with van der Waals surface area (Å²) in [6.45, 7) is 0.608. The zero-order valence-corrected chi connectivity index (χ0v) is 8.69. The number of para-hydroxylation sites is 1. The average molecular weight is 221 g/mol. The summed E-state index contributed by atoms with van der Waals surface area (Å²) in [6, 6.07) is 7.38. The van der Waals surface area contributed by atoms with Gasteiger partial charge in [-0.1, -0.05) is 29.8 Å². The van der Waals surface area contributed by atoms with Crippen LogP contribution in [0.3, 0.4) is 0 Å². The number of hydrogen-bond acceptors (Lipinski definition) is 2. The topological polar surface area (TPSA) is 34.9 Å². The van der Waals surface area contributed by atoms with Crippen LogP contribution in [0.15, 0.2) is 47.0 Å². The first-order chi connectivity index (χ1) is 7.33. The Bertz CT molecular complexity index is 560. The van der Waals surface area contributed by atoms with Crippen LogP contribution in [-0.4, -0.2) is 9.55 Å². The largest absolute Gasteiger partial charge is 0.328 e. The fourth-order valence-electron chi connectivity index (χ4n) is 1.46. The molecular formula is C11H9ClN2O. The van der Waals surface area contributed by atoms with Gasteiger partial charge in [0.15, 0.2) is 0 Å². The van der Waals surface area contributed by atoms with Crippen LogP contribution in [0.5, 0.6) is 0 Å². The highest BCUT2D eigenvalue weighted by Gasteiger charge is 2.00. The summed E-state index contributed by atoms with van der Waals surface area (Å²) in [5, 5.41) is 0.628. The summed E-state index contributed by atoms with van der Waals surface area (Å²) >= 11 is 5.46. The predicted octanol–water partition coefficient (Wildman–Crippen LogP) is 2.15. The first-order valence-corrected chi connectivity index (χ1v) is 4.96. The van der Waals surface area contributed by atoms with Crippen LogP contribution in [-0.2, 0) is 6.54 Å². The van der Waals surface area contributed by atoms with Gasteiger partial charge in [0.25, 0.3) is 5.56 Å². The van der Waals surface area contributed by atoms with E-state index in [1.807, 2.05) is 22.8 Å². The van der Waals surface area contributed by atoms with E-state index in [2.05, 4.69) is 4.98 Å². The van der Waals surface area contributed by atoms with Crippen LogP contribution in [0.2, 0.25) is 0 Å². The third kappa shape index (κ3) is 1.92. The maximum absolute atomic E-state index is 11.4. The van der Waals surface area contributed by atoms with Gasteiger partial charge in [-0.2, -0.15) is 4.98 Å². The van der Waals surface area contributed by atoms with Gasteiger partial charge in [-0.15, -0.1) is 0 Å². The van der Waals surface area contributed by atoms with Crippen molar-refractivity contribution in [1.82, 2.24) is 9.55 Å². The van der Waals surface area contributed by atoms with Crippen molar-refractivity contribution in [2.75, 3.05) is 0 Å². The Labute approximate surface area is 91.6 Å². The number of allylic oxidation sites excluding steroid dienone is 1. The molecule has 15 heavy (non-hydrogen) atoms. The Kier molecular flexibility index (Phi) is 2.83.